The smallest absolute Gasteiger partial charge is 0.119 e. The summed E-state index contributed by atoms with van der Waals surface area (Å²) in [7, 11) is 0. The van der Waals surface area contributed by atoms with Gasteiger partial charge in [0.25, 0.3) is 0 Å². The lowest BCUT2D eigenvalue weighted by Gasteiger charge is -2.09. The van der Waals surface area contributed by atoms with E-state index in [1.807, 2.05) is 48.5 Å². The molecule has 0 radical (unpaired) electrons. The number of hydrogen-bond donors (Lipinski definition) is 2. The maximum atomic E-state index is 8.85. The minimum absolute atomic E-state index is 0.0108. The minimum Gasteiger partial charge on any atom is -0.491 e. The highest BCUT2D eigenvalue weighted by Crippen LogP contribution is 2.29. The first-order valence-electron chi connectivity index (χ1n) is 10.7. The second-order valence-electron chi connectivity index (χ2n) is 7.35. The molecule has 0 unspecified atom stereocenters. The molecule has 0 spiro atoms. The van der Waals surface area contributed by atoms with Crippen molar-refractivity contribution in [1.29, 1.82) is 0 Å². The summed E-state index contributed by atoms with van der Waals surface area (Å²) in [5.41, 5.74) is 6.85. The van der Waals surface area contributed by atoms with Crippen LogP contribution in [0.1, 0.15) is 0 Å². The average Bonchev–Trinajstić information content (AvgIpc) is 2.87. The van der Waals surface area contributed by atoms with Crippen molar-refractivity contribution in [3.05, 3.63) is 97.1 Å². The van der Waals surface area contributed by atoms with Crippen molar-refractivity contribution in [3.63, 3.8) is 0 Å². The van der Waals surface area contributed by atoms with Gasteiger partial charge >= 0.3 is 0 Å². The molecule has 162 valence electrons. The molecule has 4 rings (SSSR count). The fourth-order valence-corrected chi connectivity index (χ4v) is 3.52. The molecule has 4 nitrogen and oxygen atoms in total. The molecule has 2 N–H and O–H groups in total. The van der Waals surface area contributed by atoms with Crippen LogP contribution < -0.4 is 9.47 Å². The third-order valence-corrected chi connectivity index (χ3v) is 5.20. The molecule has 0 saturated carbocycles. The van der Waals surface area contributed by atoms with Crippen LogP contribution in [0.15, 0.2) is 97.1 Å². The second kappa shape index (κ2) is 10.6. The largest absolute Gasteiger partial charge is 0.491 e. The van der Waals surface area contributed by atoms with Gasteiger partial charge in [-0.2, -0.15) is 0 Å². The van der Waals surface area contributed by atoms with Crippen LogP contribution in [0.2, 0.25) is 0 Å². The number of hydrogen-bond acceptors (Lipinski definition) is 4. The summed E-state index contributed by atoms with van der Waals surface area (Å²) in [4.78, 5) is 0. The van der Waals surface area contributed by atoms with E-state index in [2.05, 4.69) is 48.5 Å². The normalized spacial score (nSPS) is 10.7. The molecule has 0 aromatic heterocycles. The fraction of sp³-hybridized carbons (Fsp3) is 0.143. The van der Waals surface area contributed by atoms with Crippen molar-refractivity contribution in [2.45, 2.75) is 0 Å². The SMILES string of the molecule is OCCOc1ccc(-c2ccc(-c3ccc(-c4ccc(OCCO)cc4)cc3)cc2)cc1. The van der Waals surface area contributed by atoms with E-state index in [-0.39, 0.29) is 13.2 Å². The summed E-state index contributed by atoms with van der Waals surface area (Å²) in [6, 6.07) is 32.8. The Morgan fingerprint density at radius 1 is 0.375 bits per heavy atom. The highest BCUT2D eigenvalue weighted by atomic mass is 16.5. The lowest BCUT2D eigenvalue weighted by Crippen LogP contribution is -2.01. The zero-order valence-electron chi connectivity index (χ0n) is 17.8. The van der Waals surface area contributed by atoms with Crippen LogP contribution in [0.25, 0.3) is 33.4 Å². The molecule has 0 aliphatic heterocycles. The van der Waals surface area contributed by atoms with Crippen LogP contribution in [-0.2, 0) is 0 Å². The van der Waals surface area contributed by atoms with Crippen molar-refractivity contribution < 1.29 is 19.7 Å². The first-order chi connectivity index (χ1) is 15.8. The molecule has 4 aromatic carbocycles. The molecule has 0 bridgehead atoms. The lowest BCUT2D eigenvalue weighted by atomic mass is 9.98. The predicted molar refractivity (Wildman–Crippen MR) is 128 cm³/mol. The van der Waals surface area contributed by atoms with Crippen molar-refractivity contribution in [2.75, 3.05) is 26.4 Å². The van der Waals surface area contributed by atoms with E-state index < -0.39 is 0 Å². The maximum Gasteiger partial charge on any atom is 0.119 e. The zero-order chi connectivity index (χ0) is 22.2. The molecule has 4 aromatic rings. The monoisotopic (exact) mass is 426 g/mol. The first-order valence-corrected chi connectivity index (χ1v) is 10.7. The van der Waals surface area contributed by atoms with Crippen LogP contribution in [0.3, 0.4) is 0 Å². The minimum atomic E-state index is 0.0108. The average molecular weight is 427 g/mol. The third kappa shape index (κ3) is 5.35. The molecular formula is C28H26O4. The van der Waals surface area contributed by atoms with Crippen molar-refractivity contribution in [1.82, 2.24) is 0 Å². The summed E-state index contributed by atoms with van der Waals surface area (Å²) in [5, 5.41) is 17.7. The van der Waals surface area contributed by atoms with Gasteiger partial charge in [-0.1, -0.05) is 72.8 Å². The quantitative estimate of drug-likeness (QED) is 0.375. The predicted octanol–water partition coefficient (Wildman–Crippen LogP) is 5.43. The summed E-state index contributed by atoms with van der Waals surface area (Å²) >= 11 is 0. The van der Waals surface area contributed by atoms with Gasteiger partial charge in [-0.05, 0) is 57.6 Å². The molecule has 4 heteroatoms. The summed E-state index contributed by atoms with van der Waals surface area (Å²) < 4.78 is 10.8. The van der Waals surface area contributed by atoms with Gasteiger partial charge in [-0.15, -0.1) is 0 Å². The molecule has 0 atom stereocenters. The van der Waals surface area contributed by atoms with Gasteiger partial charge in [0.05, 0.1) is 13.2 Å². The number of ether oxygens (including phenoxy) is 2. The van der Waals surface area contributed by atoms with Crippen LogP contribution in [0.4, 0.5) is 0 Å². The Morgan fingerprint density at radius 3 is 0.812 bits per heavy atom. The Morgan fingerprint density at radius 2 is 0.594 bits per heavy atom. The highest BCUT2D eigenvalue weighted by molar-refractivity contribution is 5.73. The molecule has 0 heterocycles. The topological polar surface area (TPSA) is 58.9 Å². The van der Waals surface area contributed by atoms with Gasteiger partial charge in [0, 0.05) is 0 Å². The Balaban J connectivity index is 1.44. The van der Waals surface area contributed by atoms with Gasteiger partial charge in [-0.3, -0.25) is 0 Å². The Bertz CT molecular complexity index is 1010. The molecule has 0 aliphatic carbocycles. The van der Waals surface area contributed by atoms with Crippen molar-refractivity contribution in [3.8, 4) is 44.9 Å². The van der Waals surface area contributed by atoms with Crippen molar-refractivity contribution >= 4 is 0 Å². The Hall–Kier alpha value is -3.60. The molecule has 0 amide bonds. The molecule has 0 saturated heterocycles. The molecule has 0 fully saturated rings. The van der Waals surface area contributed by atoms with Crippen LogP contribution in [0, 0.1) is 0 Å². The highest BCUT2D eigenvalue weighted by Gasteiger charge is 2.04. The Kier molecular flexibility index (Phi) is 7.18. The number of aliphatic hydroxyl groups excluding tert-OH is 2. The third-order valence-electron chi connectivity index (χ3n) is 5.20. The van der Waals surface area contributed by atoms with Gasteiger partial charge in [0.2, 0.25) is 0 Å². The van der Waals surface area contributed by atoms with E-state index in [0.29, 0.717) is 13.2 Å². The Labute approximate surface area is 188 Å². The zero-order valence-corrected chi connectivity index (χ0v) is 17.8. The van der Waals surface area contributed by atoms with E-state index >= 15 is 0 Å². The van der Waals surface area contributed by atoms with Crippen LogP contribution in [0.5, 0.6) is 11.5 Å². The standard InChI is InChI=1S/C28H26O4/c29-17-19-31-27-13-9-25(10-14-27)23-5-1-21(2-6-23)22-3-7-24(8-4-22)26-11-15-28(16-12-26)32-20-18-30/h1-16,29-30H,17-20H2. The lowest BCUT2D eigenvalue weighted by molar-refractivity contribution is 0.201. The summed E-state index contributed by atoms with van der Waals surface area (Å²) in [6.07, 6.45) is 0. The fourth-order valence-electron chi connectivity index (χ4n) is 3.52. The molecular weight excluding hydrogens is 400 g/mol. The van der Waals surface area contributed by atoms with E-state index in [4.69, 9.17) is 19.7 Å². The van der Waals surface area contributed by atoms with Gasteiger partial charge < -0.3 is 19.7 Å². The summed E-state index contributed by atoms with van der Waals surface area (Å²) in [5.74, 6) is 1.51. The van der Waals surface area contributed by atoms with Crippen LogP contribution >= 0.6 is 0 Å². The van der Waals surface area contributed by atoms with Gasteiger partial charge in [0.1, 0.15) is 24.7 Å². The van der Waals surface area contributed by atoms with E-state index in [1.54, 1.807) is 0 Å². The summed E-state index contributed by atoms with van der Waals surface area (Å²) in [6.45, 7) is 0.627. The molecule has 0 aliphatic rings. The van der Waals surface area contributed by atoms with E-state index in [0.717, 1.165) is 44.9 Å². The molecule has 32 heavy (non-hydrogen) atoms. The van der Waals surface area contributed by atoms with Gasteiger partial charge in [0.15, 0.2) is 0 Å². The van der Waals surface area contributed by atoms with Crippen LogP contribution in [-0.4, -0.2) is 36.6 Å². The van der Waals surface area contributed by atoms with Gasteiger partial charge in [-0.25, -0.2) is 0 Å². The second-order valence-corrected chi connectivity index (χ2v) is 7.35. The van der Waals surface area contributed by atoms with E-state index in [1.165, 1.54) is 0 Å². The number of rotatable bonds is 9. The van der Waals surface area contributed by atoms with Crippen molar-refractivity contribution in [2.24, 2.45) is 0 Å². The first kappa shape index (κ1) is 21.6. The number of aliphatic hydroxyl groups is 2. The maximum absolute atomic E-state index is 8.85. The number of benzene rings is 4. The van der Waals surface area contributed by atoms with E-state index in [9.17, 15) is 0 Å².